The Bertz CT molecular complexity index is 1430. The van der Waals surface area contributed by atoms with E-state index in [-0.39, 0.29) is 42.1 Å². The zero-order chi connectivity index (χ0) is 26.3. The second-order valence-electron chi connectivity index (χ2n) is 9.30. The van der Waals surface area contributed by atoms with Crippen LogP contribution >= 0.6 is 0 Å². The van der Waals surface area contributed by atoms with E-state index in [4.69, 9.17) is 0 Å². The third-order valence-corrected chi connectivity index (χ3v) is 6.91. The number of aromatic nitrogens is 2. The molecule has 0 aliphatic carbocycles. The van der Waals surface area contributed by atoms with Crippen molar-refractivity contribution in [1.29, 1.82) is 0 Å². The van der Waals surface area contributed by atoms with Crippen LogP contribution in [-0.4, -0.2) is 55.0 Å². The van der Waals surface area contributed by atoms with Crippen LogP contribution in [0.5, 0.6) is 5.75 Å². The Kier molecular flexibility index (Phi) is 6.46. The smallest absolute Gasteiger partial charge is 0.276 e. The Balaban J connectivity index is 1.44. The third-order valence-electron chi connectivity index (χ3n) is 6.91. The van der Waals surface area contributed by atoms with E-state index in [1.165, 1.54) is 16.8 Å². The molecule has 0 spiro atoms. The maximum atomic E-state index is 13.9. The highest BCUT2D eigenvalue weighted by molar-refractivity contribution is 5.99. The summed E-state index contributed by atoms with van der Waals surface area (Å²) in [5.74, 6) is -3.73. The molecule has 2 aliphatic rings. The molecule has 1 aromatic carbocycles. The summed E-state index contributed by atoms with van der Waals surface area (Å²) >= 11 is 0. The van der Waals surface area contributed by atoms with Gasteiger partial charge in [0.1, 0.15) is 23.4 Å². The van der Waals surface area contributed by atoms with Gasteiger partial charge in [-0.15, -0.1) is 0 Å². The molecule has 5 rings (SSSR count). The molecule has 2 atom stereocenters. The molecule has 37 heavy (non-hydrogen) atoms. The van der Waals surface area contributed by atoms with Crippen molar-refractivity contribution in [2.45, 2.75) is 45.2 Å². The average molecular weight is 510 g/mol. The molecular formula is C26H25F2N5O4. The molecule has 4 heterocycles. The van der Waals surface area contributed by atoms with Crippen molar-refractivity contribution in [1.82, 2.24) is 24.7 Å². The van der Waals surface area contributed by atoms with E-state index in [1.807, 2.05) is 19.1 Å². The van der Waals surface area contributed by atoms with Gasteiger partial charge >= 0.3 is 0 Å². The molecule has 2 unspecified atom stereocenters. The fourth-order valence-electron chi connectivity index (χ4n) is 4.97. The van der Waals surface area contributed by atoms with Gasteiger partial charge in [-0.3, -0.25) is 24.3 Å². The number of nitrogens with one attached hydrogen (secondary N) is 1. The molecule has 2 amide bonds. The van der Waals surface area contributed by atoms with E-state index < -0.39 is 34.6 Å². The summed E-state index contributed by atoms with van der Waals surface area (Å²) in [6.07, 6.45) is 5.05. The molecule has 0 bridgehead atoms. The number of nitrogens with zero attached hydrogens (tertiary/aromatic N) is 4. The lowest BCUT2D eigenvalue weighted by molar-refractivity contribution is -0.0363. The van der Waals surface area contributed by atoms with E-state index >= 15 is 0 Å². The van der Waals surface area contributed by atoms with Crippen molar-refractivity contribution in [2.75, 3.05) is 6.54 Å². The van der Waals surface area contributed by atoms with Crippen molar-refractivity contribution in [3.63, 3.8) is 0 Å². The van der Waals surface area contributed by atoms with Crippen LogP contribution in [0.25, 0.3) is 0 Å². The van der Waals surface area contributed by atoms with Crippen LogP contribution in [0.15, 0.2) is 53.7 Å². The van der Waals surface area contributed by atoms with E-state index in [2.05, 4.69) is 15.2 Å². The fourth-order valence-corrected chi connectivity index (χ4v) is 4.97. The molecule has 2 N–H and O–H groups in total. The van der Waals surface area contributed by atoms with Gasteiger partial charge in [-0.1, -0.05) is 12.1 Å². The number of hydrogen-bond donors (Lipinski definition) is 2. The van der Waals surface area contributed by atoms with Gasteiger partial charge in [0.25, 0.3) is 11.8 Å². The number of hydrogen-bond acceptors (Lipinski definition) is 6. The molecule has 0 saturated carbocycles. The predicted molar refractivity (Wildman–Crippen MR) is 129 cm³/mol. The molecule has 1 fully saturated rings. The zero-order valence-electron chi connectivity index (χ0n) is 20.0. The normalized spacial score (nSPS) is 19.3. The highest BCUT2D eigenvalue weighted by Gasteiger charge is 2.43. The van der Waals surface area contributed by atoms with Crippen LogP contribution in [-0.2, 0) is 19.6 Å². The summed E-state index contributed by atoms with van der Waals surface area (Å²) in [6.45, 7) is 3.13. The van der Waals surface area contributed by atoms with Gasteiger partial charge in [0.05, 0.1) is 6.54 Å². The highest BCUT2D eigenvalue weighted by Crippen LogP contribution is 2.31. The Morgan fingerprint density at radius 3 is 2.78 bits per heavy atom. The lowest BCUT2D eigenvalue weighted by atomic mass is 10.0. The zero-order valence-corrected chi connectivity index (χ0v) is 20.0. The van der Waals surface area contributed by atoms with Gasteiger partial charge in [-0.2, -0.15) is 0 Å². The molecule has 192 valence electrons. The number of rotatable bonds is 5. The van der Waals surface area contributed by atoms with E-state index in [0.717, 1.165) is 18.2 Å². The highest BCUT2D eigenvalue weighted by atomic mass is 19.1. The first-order valence-corrected chi connectivity index (χ1v) is 11.9. The lowest BCUT2D eigenvalue weighted by Crippen LogP contribution is -2.63. The SMILES string of the molecule is CC1CCN(Cc2cccnc2)C2Cn3cc(C(=O)NCc4ccc(F)cc4F)c(=O)c(O)c3C(=O)N12. The maximum absolute atomic E-state index is 13.9. The Labute approximate surface area is 211 Å². The van der Waals surface area contributed by atoms with Crippen LogP contribution in [0.2, 0.25) is 0 Å². The number of amides is 2. The molecule has 2 aliphatic heterocycles. The second-order valence-corrected chi connectivity index (χ2v) is 9.30. The molecule has 3 aromatic rings. The van der Waals surface area contributed by atoms with Gasteiger partial charge < -0.3 is 19.9 Å². The minimum Gasteiger partial charge on any atom is -0.503 e. The van der Waals surface area contributed by atoms with Gasteiger partial charge in [0.15, 0.2) is 11.4 Å². The van der Waals surface area contributed by atoms with Gasteiger partial charge in [0, 0.05) is 55.9 Å². The van der Waals surface area contributed by atoms with Crippen molar-refractivity contribution >= 4 is 11.8 Å². The third kappa shape index (κ3) is 4.57. The quantitative estimate of drug-likeness (QED) is 0.546. The largest absolute Gasteiger partial charge is 0.503 e. The topological polar surface area (TPSA) is 108 Å². The molecular weight excluding hydrogens is 484 g/mol. The van der Waals surface area contributed by atoms with Crippen LogP contribution in [0.3, 0.4) is 0 Å². The number of pyridine rings is 2. The van der Waals surface area contributed by atoms with Crippen LogP contribution < -0.4 is 10.7 Å². The van der Waals surface area contributed by atoms with E-state index in [0.29, 0.717) is 19.0 Å². The van der Waals surface area contributed by atoms with Crippen LogP contribution in [0, 0.1) is 11.6 Å². The molecule has 2 aromatic heterocycles. The minimum atomic E-state index is -0.994. The molecule has 11 heteroatoms. The Morgan fingerprint density at radius 1 is 1.24 bits per heavy atom. The van der Waals surface area contributed by atoms with Gasteiger partial charge in [-0.25, -0.2) is 8.78 Å². The number of carbonyl (C=O) groups is 2. The molecule has 9 nitrogen and oxygen atoms in total. The number of benzene rings is 1. The average Bonchev–Trinajstić information content (AvgIpc) is 2.87. The minimum absolute atomic E-state index is 0.0325. The molecule has 1 saturated heterocycles. The summed E-state index contributed by atoms with van der Waals surface area (Å²) in [5.41, 5.74) is -0.534. The Morgan fingerprint density at radius 2 is 2.05 bits per heavy atom. The van der Waals surface area contributed by atoms with E-state index in [1.54, 1.807) is 17.3 Å². The fraction of sp³-hybridized carbons (Fsp3) is 0.308. The standard InChI is InChI=1S/C26H25F2N5O4/c1-15-6-8-31(12-16-3-2-7-29-10-16)21-14-32-13-19(23(34)24(35)22(32)26(37)33(15)21)25(36)30-11-17-4-5-18(27)9-20(17)28/h2-5,7,9-10,13,15,21,35H,6,8,11-12,14H2,1H3,(H,30,36). The molecule has 0 radical (unpaired) electrons. The first-order chi connectivity index (χ1) is 17.7. The number of fused-ring (bicyclic) bond motifs is 2. The van der Waals surface area contributed by atoms with Crippen molar-refractivity contribution in [3.8, 4) is 5.75 Å². The summed E-state index contributed by atoms with van der Waals surface area (Å²) in [6, 6.07) is 6.62. The number of aromatic hydroxyl groups is 1. The monoisotopic (exact) mass is 509 g/mol. The van der Waals surface area contributed by atoms with Crippen LogP contribution in [0.1, 0.15) is 45.3 Å². The first-order valence-electron chi connectivity index (χ1n) is 11.9. The van der Waals surface area contributed by atoms with Crippen molar-refractivity contribution < 1.29 is 23.5 Å². The van der Waals surface area contributed by atoms with Gasteiger partial charge in [0.2, 0.25) is 5.43 Å². The number of halogens is 2. The van der Waals surface area contributed by atoms with Crippen LogP contribution in [0.4, 0.5) is 8.78 Å². The summed E-state index contributed by atoms with van der Waals surface area (Å²) in [5, 5.41) is 13.1. The summed E-state index contributed by atoms with van der Waals surface area (Å²) in [7, 11) is 0. The van der Waals surface area contributed by atoms with Crippen molar-refractivity contribution in [2.24, 2.45) is 0 Å². The predicted octanol–water partition coefficient (Wildman–Crippen LogP) is 2.23. The van der Waals surface area contributed by atoms with Gasteiger partial charge in [-0.05, 0) is 31.0 Å². The van der Waals surface area contributed by atoms with E-state index in [9.17, 15) is 28.3 Å². The lowest BCUT2D eigenvalue weighted by Gasteiger charge is -2.50. The second kappa shape index (κ2) is 9.74. The summed E-state index contributed by atoms with van der Waals surface area (Å²) in [4.78, 5) is 47.1. The number of carbonyl (C=O) groups excluding carboxylic acids is 2. The van der Waals surface area contributed by atoms with Crippen molar-refractivity contribution in [3.05, 3.63) is 93.2 Å². The summed E-state index contributed by atoms with van der Waals surface area (Å²) < 4.78 is 28.5. The first kappa shape index (κ1) is 24.6. The maximum Gasteiger partial charge on any atom is 0.276 e. The Hall–Kier alpha value is -4.12.